The van der Waals surface area contributed by atoms with E-state index in [0.717, 1.165) is 44.0 Å². The number of rotatable bonds is 5. The molecule has 1 amide bonds. The molecule has 0 radical (unpaired) electrons. The van der Waals surface area contributed by atoms with Gasteiger partial charge in [0.25, 0.3) is 0 Å². The molecule has 1 rings (SSSR count). The molecule has 16 heavy (non-hydrogen) atoms. The van der Waals surface area contributed by atoms with E-state index in [1.165, 1.54) is 12.8 Å². The minimum Gasteiger partial charge on any atom is -0.352 e. The zero-order chi connectivity index (χ0) is 11.8. The number of piperidine rings is 1. The van der Waals surface area contributed by atoms with Crippen molar-refractivity contribution in [1.82, 2.24) is 10.6 Å². The minimum absolute atomic E-state index is 0.0885. The molecule has 3 nitrogen and oxygen atoms in total. The fourth-order valence-electron chi connectivity index (χ4n) is 2.10. The molecular weight excluding hydrogens is 200 g/mol. The van der Waals surface area contributed by atoms with Crippen LogP contribution in [0, 0.1) is 5.92 Å². The summed E-state index contributed by atoms with van der Waals surface area (Å²) in [6.07, 6.45) is 6.56. The maximum Gasteiger partial charge on any atom is 0.246 e. The molecule has 1 aliphatic heterocycles. The van der Waals surface area contributed by atoms with E-state index in [-0.39, 0.29) is 5.91 Å². The third-order valence-electron chi connectivity index (χ3n) is 3.11. The van der Waals surface area contributed by atoms with Crippen LogP contribution in [0.2, 0.25) is 0 Å². The number of hydrogen-bond donors (Lipinski definition) is 2. The minimum atomic E-state index is 0.0885. The predicted molar refractivity (Wildman–Crippen MR) is 67.3 cm³/mol. The topological polar surface area (TPSA) is 41.1 Å². The first-order valence-electron chi connectivity index (χ1n) is 6.39. The van der Waals surface area contributed by atoms with E-state index >= 15 is 0 Å². The van der Waals surface area contributed by atoms with Gasteiger partial charge in [-0.3, -0.25) is 4.79 Å². The monoisotopic (exact) mass is 224 g/mol. The van der Waals surface area contributed by atoms with Gasteiger partial charge in [0.1, 0.15) is 0 Å². The first-order chi connectivity index (χ1) is 7.74. The second-order valence-electron chi connectivity index (χ2n) is 4.55. The highest BCUT2D eigenvalue weighted by Gasteiger charge is 2.12. The largest absolute Gasteiger partial charge is 0.352 e. The van der Waals surface area contributed by atoms with E-state index in [2.05, 4.69) is 10.6 Å². The molecule has 2 N–H and O–H groups in total. The van der Waals surface area contributed by atoms with Crippen LogP contribution in [0.3, 0.4) is 0 Å². The molecular formula is C13H24N2O. The van der Waals surface area contributed by atoms with Crippen molar-refractivity contribution in [3.05, 3.63) is 11.6 Å². The van der Waals surface area contributed by atoms with Gasteiger partial charge >= 0.3 is 0 Å². The summed E-state index contributed by atoms with van der Waals surface area (Å²) in [5.74, 6) is 0.829. The van der Waals surface area contributed by atoms with Crippen LogP contribution in [-0.4, -0.2) is 25.5 Å². The van der Waals surface area contributed by atoms with E-state index in [1.54, 1.807) is 0 Å². The summed E-state index contributed by atoms with van der Waals surface area (Å²) >= 11 is 0. The number of allylic oxidation sites excluding steroid dienone is 1. The second kappa shape index (κ2) is 7.44. The number of nitrogens with one attached hydrogen (secondary N) is 2. The lowest BCUT2D eigenvalue weighted by molar-refractivity contribution is -0.117. The molecule has 0 aromatic carbocycles. The highest BCUT2D eigenvalue weighted by molar-refractivity contribution is 5.92. The SMILES string of the molecule is CCC=C(C)C(=O)NCCC1CCCNC1. The van der Waals surface area contributed by atoms with Crippen LogP contribution in [0.1, 0.15) is 39.5 Å². The summed E-state index contributed by atoms with van der Waals surface area (Å²) in [7, 11) is 0. The molecule has 1 atom stereocenters. The van der Waals surface area contributed by atoms with Gasteiger partial charge in [-0.05, 0) is 51.6 Å². The molecule has 0 saturated carbocycles. The second-order valence-corrected chi connectivity index (χ2v) is 4.55. The van der Waals surface area contributed by atoms with Crippen LogP contribution in [0.5, 0.6) is 0 Å². The van der Waals surface area contributed by atoms with Crippen LogP contribution in [0.4, 0.5) is 0 Å². The van der Waals surface area contributed by atoms with E-state index in [0.29, 0.717) is 0 Å². The Kier molecular flexibility index (Phi) is 6.16. The van der Waals surface area contributed by atoms with Crippen LogP contribution in [-0.2, 0) is 4.79 Å². The molecule has 0 aromatic rings. The maximum atomic E-state index is 11.6. The highest BCUT2D eigenvalue weighted by Crippen LogP contribution is 2.12. The van der Waals surface area contributed by atoms with E-state index < -0.39 is 0 Å². The van der Waals surface area contributed by atoms with Crippen molar-refractivity contribution in [2.45, 2.75) is 39.5 Å². The average Bonchev–Trinajstić information content (AvgIpc) is 2.30. The number of carbonyl (C=O) groups excluding carboxylic acids is 1. The Bertz CT molecular complexity index is 242. The smallest absolute Gasteiger partial charge is 0.246 e. The molecule has 1 heterocycles. The van der Waals surface area contributed by atoms with Gasteiger partial charge < -0.3 is 10.6 Å². The summed E-state index contributed by atoms with van der Waals surface area (Å²) in [6.45, 7) is 6.99. The van der Waals surface area contributed by atoms with Crippen LogP contribution in [0.15, 0.2) is 11.6 Å². The molecule has 1 fully saturated rings. The summed E-state index contributed by atoms with van der Waals surface area (Å²) in [6, 6.07) is 0. The summed E-state index contributed by atoms with van der Waals surface area (Å²) in [5, 5.41) is 6.37. The van der Waals surface area contributed by atoms with E-state index in [1.807, 2.05) is 19.9 Å². The number of carbonyl (C=O) groups is 1. The molecule has 92 valence electrons. The number of amides is 1. The Labute approximate surface area is 98.7 Å². The van der Waals surface area contributed by atoms with Crippen molar-refractivity contribution in [1.29, 1.82) is 0 Å². The molecule has 0 spiro atoms. The summed E-state index contributed by atoms with van der Waals surface area (Å²) in [4.78, 5) is 11.6. The zero-order valence-corrected chi connectivity index (χ0v) is 10.5. The van der Waals surface area contributed by atoms with Crippen molar-refractivity contribution in [2.24, 2.45) is 5.92 Å². The first kappa shape index (κ1) is 13.2. The Hall–Kier alpha value is -0.830. The molecule has 0 bridgehead atoms. The first-order valence-corrected chi connectivity index (χ1v) is 6.39. The third-order valence-corrected chi connectivity index (χ3v) is 3.11. The van der Waals surface area contributed by atoms with Crippen LogP contribution >= 0.6 is 0 Å². The third kappa shape index (κ3) is 4.79. The Balaban J connectivity index is 2.14. The van der Waals surface area contributed by atoms with Gasteiger partial charge in [0.05, 0.1) is 0 Å². The average molecular weight is 224 g/mol. The lowest BCUT2D eigenvalue weighted by atomic mass is 9.96. The van der Waals surface area contributed by atoms with Gasteiger partial charge in [0.2, 0.25) is 5.91 Å². The normalized spacial score (nSPS) is 21.9. The Morgan fingerprint density at radius 3 is 3.00 bits per heavy atom. The van der Waals surface area contributed by atoms with Crippen molar-refractivity contribution in [2.75, 3.05) is 19.6 Å². The van der Waals surface area contributed by atoms with E-state index in [4.69, 9.17) is 0 Å². The Morgan fingerprint density at radius 2 is 2.38 bits per heavy atom. The molecule has 0 aliphatic carbocycles. The fourth-order valence-corrected chi connectivity index (χ4v) is 2.10. The van der Waals surface area contributed by atoms with Crippen molar-refractivity contribution < 1.29 is 4.79 Å². The molecule has 1 unspecified atom stereocenters. The lowest BCUT2D eigenvalue weighted by Gasteiger charge is -2.22. The summed E-state index contributed by atoms with van der Waals surface area (Å²) in [5.41, 5.74) is 0.837. The van der Waals surface area contributed by atoms with Crippen LogP contribution in [0.25, 0.3) is 0 Å². The molecule has 0 aromatic heterocycles. The van der Waals surface area contributed by atoms with Gasteiger partial charge in [-0.1, -0.05) is 13.0 Å². The zero-order valence-electron chi connectivity index (χ0n) is 10.5. The summed E-state index contributed by atoms with van der Waals surface area (Å²) < 4.78 is 0. The Morgan fingerprint density at radius 1 is 1.56 bits per heavy atom. The lowest BCUT2D eigenvalue weighted by Crippen LogP contribution is -2.33. The maximum absolute atomic E-state index is 11.6. The molecule has 3 heteroatoms. The van der Waals surface area contributed by atoms with Crippen LogP contribution < -0.4 is 10.6 Å². The predicted octanol–water partition coefficient (Wildman–Crippen LogP) is 1.85. The van der Waals surface area contributed by atoms with Gasteiger partial charge in [-0.2, -0.15) is 0 Å². The number of hydrogen-bond acceptors (Lipinski definition) is 2. The quantitative estimate of drug-likeness (QED) is 0.700. The van der Waals surface area contributed by atoms with E-state index in [9.17, 15) is 4.79 Å². The standard InChI is InChI=1S/C13H24N2O/c1-3-5-11(2)13(16)15-9-7-12-6-4-8-14-10-12/h5,12,14H,3-4,6-10H2,1-2H3,(H,15,16). The highest BCUT2D eigenvalue weighted by atomic mass is 16.1. The van der Waals surface area contributed by atoms with Gasteiger partial charge in [0, 0.05) is 12.1 Å². The fraction of sp³-hybridized carbons (Fsp3) is 0.769. The van der Waals surface area contributed by atoms with Crippen molar-refractivity contribution in [3.8, 4) is 0 Å². The van der Waals surface area contributed by atoms with Gasteiger partial charge in [-0.25, -0.2) is 0 Å². The van der Waals surface area contributed by atoms with Gasteiger partial charge in [-0.15, -0.1) is 0 Å². The van der Waals surface area contributed by atoms with Crippen molar-refractivity contribution >= 4 is 5.91 Å². The molecule has 1 saturated heterocycles. The molecule has 1 aliphatic rings. The van der Waals surface area contributed by atoms with Crippen molar-refractivity contribution in [3.63, 3.8) is 0 Å². The van der Waals surface area contributed by atoms with Gasteiger partial charge in [0.15, 0.2) is 0 Å².